The Morgan fingerprint density at radius 1 is 1.25 bits per heavy atom. The number of hydrogen-bond donors (Lipinski definition) is 0. The first-order valence-corrected chi connectivity index (χ1v) is 13.3. The lowest BCUT2D eigenvalue weighted by Gasteiger charge is -2.31. The van der Waals surface area contributed by atoms with Crippen LogP contribution in [-0.4, -0.2) is 43.6 Å². The molecular formula is C6H19NOSi4. The van der Waals surface area contributed by atoms with Crippen molar-refractivity contribution in [3.63, 3.8) is 0 Å². The molecule has 70 valence electrons. The fourth-order valence-corrected chi connectivity index (χ4v) is 16.2. The highest BCUT2D eigenvalue weighted by molar-refractivity contribution is 6.99. The van der Waals surface area contributed by atoms with Gasteiger partial charge in [0.1, 0.15) is 0 Å². The van der Waals surface area contributed by atoms with Gasteiger partial charge >= 0.3 is 0 Å². The van der Waals surface area contributed by atoms with Crippen molar-refractivity contribution >= 4 is 43.6 Å². The van der Waals surface area contributed by atoms with Crippen LogP contribution in [0.4, 0.5) is 0 Å². The predicted octanol–water partition coefficient (Wildman–Crippen LogP) is -1.06. The highest BCUT2D eigenvalue weighted by atomic mass is 28.4. The largest absolute Gasteiger partial charge is 0.252 e. The van der Waals surface area contributed by atoms with E-state index >= 15 is 0 Å². The molecule has 0 spiro atoms. The molecule has 1 unspecified atom stereocenters. The predicted molar refractivity (Wildman–Crippen MR) is 67.1 cm³/mol. The van der Waals surface area contributed by atoms with E-state index in [-0.39, 0.29) is 28.6 Å². The number of nitrogens with zero attached hydrogens (tertiary/aromatic N) is 1. The maximum absolute atomic E-state index is 10.2. The van der Waals surface area contributed by atoms with Crippen molar-refractivity contribution in [2.75, 3.05) is 0 Å². The van der Waals surface area contributed by atoms with Gasteiger partial charge in [-0.3, -0.25) is 4.66 Å². The third kappa shape index (κ3) is 2.63. The standard InChI is InChI=1S/C6H19NOSi4/c1-9-6(10-2,11-3)12(4)7-5-8/h12H,9-11H2,1-4H3. The summed E-state index contributed by atoms with van der Waals surface area (Å²) in [5, 5.41) is 0. The molecule has 0 aromatic heterocycles. The van der Waals surface area contributed by atoms with Crippen LogP contribution in [-0.2, 0) is 4.79 Å². The van der Waals surface area contributed by atoms with E-state index in [0.717, 1.165) is 3.91 Å². The van der Waals surface area contributed by atoms with Crippen molar-refractivity contribution in [3.05, 3.63) is 0 Å². The van der Waals surface area contributed by atoms with Crippen LogP contribution in [0.1, 0.15) is 0 Å². The minimum atomic E-state index is -1.07. The van der Waals surface area contributed by atoms with Gasteiger partial charge in [0.25, 0.3) is 0 Å². The Balaban J connectivity index is 4.56. The first-order valence-electron chi connectivity index (χ1n) is 4.73. The third-order valence-corrected chi connectivity index (χ3v) is 27.7. The Morgan fingerprint density at radius 3 is 1.92 bits per heavy atom. The molecule has 0 N–H and O–H groups in total. The Morgan fingerprint density at radius 2 is 1.67 bits per heavy atom. The fraction of sp³-hybridized carbons (Fsp3) is 0.833. The van der Waals surface area contributed by atoms with E-state index in [0.29, 0.717) is 0 Å². The summed E-state index contributed by atoms with van der Waals surface area (Å²) in [5.74, 6) is 0. The summed E-state index contributed by atoms with van der Waals surface area (Å²) in [5.41, 5.74) is 0. The van der Waals surface area contributed by atoms with E-state index in [9.17, 15) is 4.79 Å². The minimum absolute atomic E-state index is 0.0659. The third-order valence-electron chi connectivity index (χ3n) is 3.24. The van der Waals surface area contributed by atoms with Crippen molar-refractivity contribution in [3.8, 4) is 0 Å². The molecule has 0 aliphatic rings. The minimum Gasteiger partial charge on any atom is -0.252 e. The molecule has 0 aliphatic heterocycles. The molecule has 0 amide bonds. The Bertz CT molecular complexity index is 168. The van der Waals surface area contributed by atoms with Gasteiger partial charge in [-0.15, -0.1) is 0 Å². The molecule has 0 fully saturated rings. The summed E-state index contributed by atoms with van der Waals surface area (Å²) in [6.45, 7) is 9.44. The first kappa shape index (κ1) is 12.2. The molecule has 0 rings (SSSR count). The summed E-state index contributed by atoms with van der Waals surface area (Å²) >= 11 is 0. The van der Waals surface area contributed by atoms with Crippen LogP contribution in [0, 0.1) is 0 Å². The first-order chi connectivity index (χ1) is 5.66. The molecule has 1 atom stereocenters. The SMILES string of the molecule is C[SiH2]C([SiH2]C)([SiH2]C)[SiH](C)N=C=O. The smallest absolute Gasteiger partial charge is 0.224 e. The van der Waals surface area contributed by atoms with Gasteiger partial charge in [-0.05, 0) is 3.91 Å². The number of rotatable bonds is 5. The fourth-order valence-electron chi connectivity index (χ4n) is 1.85. The quantitative estimate of drug-likeness (QED) is 0.338. The van der Waals surface area contributed by atoms with E-state index in [1.54, 1.807) is 6.08 Å². The highest BCUT2D eigenvalue weighted by Gasteiger charge is 2.33. The van der Waals surface area contributed by atoms with Crippen LogP contribution in [0.25, 0.3) is 0 Å². The van der Waals surface area contributed by atoms with Gasteiger partial charge in [-0.1, -0.05) is 26.2 Å². The molecule has 0 saturated heterocycles. The zero-order chi connectivity index (χ0) is 9.61. The lowest BCUT2D eigenvalue weighted by atomic mass is 11.7. The molecule has 0 aromatic rings. The van der Waals surface area contributed by atoms with Gasteiger partial charge in [-0.2, -0.15) is 0 Å². The topological polar surface area (TPSA) is 29.4 Å². The lowest BCUT2D eigenvalue weighted by Crippen LogP contribution is -2.41. The molecule has 0 aliphatic carbocycles. The van der Waals surface area contributed by atoms with Crippen molar-refractivity contribution in [1.29, 1.82) is 0 Å². The summed E-state index contributed by atoms with van der Waals surface area (Å²) in [4.78, 5) is 10.2. The van der Waals surface area contributed by atoms with Crippen LogP contribution >= 0.6 is 0 Å². The van der Waals surface area contributed by atoms with E-state index < -0.39 is 8.96 Å². The Kier molecular flexibility index (Phi) is 5.94. The van der Waals surface area contributed by atoms with Crippen molar-refractivity contribution in [2.45, 2.75) is 30.1 Å². The van der Waals surface area contributed by atoms with E-state index in [4.69, 9.17) is 0 Å². The molecule has 2 nitrogen and oxygen atoms in total. The normalized spacial score (nSPS) is 20.7. The second kappa shape index (κ2) is 5.82. The molecule has 0 radical (unpaired) electrons. The maximum atomic E-state index is 10.2. The summed E-state index contributed by atoms with van der Waals surface area (Å²) in [6, 6.07) is 0. The van der Waals surface area contributed by atoms with Gasteiger partial charge in [0, 0.05) is 28.6 Å². The van der Waals surface area contributed by atoms with E-state index in [1.807, 2.05) is 0 Å². The van der Waals surface area contributed by atoms with Crippen LogP contribution in [0.2, 0.25) is 30.1 Å². The van der Waals surface area contributed by atoms with Gasteiger partial charge in [0.15, 0.2) is 8.96 Å². The number of carbonyl (C=O) groups excluding carboxylic acids is 1. The zero-order valence-corrected chi connectivity index (χ0v) is 14.0. The molecule has 6 heteroatoms. The van der Waals surface area contributed by atoms with Crippen molar-refractivity contribution in [1.82, 2.24) is 0 Å². The molecule has 0 saturated carbocycles. The average Bonchev–Trinajstić information content (AvgIpc) is 2.09. The second-order valence-corrected chi connectivity index (χ2v) is 17.9. The van der Waals surface area contributed by atoms with Crippen LogP contribution < -0.4 is 0 Å². The van der Waals surface area contributed by atoms with Crippen LogP contribution in [0.3, 0.4) is 0 Å². The molecule has 0 bridgehead atoms. The molecule has 0 aromatic carbocycles. The summed E-state index contributed by atoms with van der Waals surface area (Å²) in [6.07, 6.45) is 1.78. The van der Waals surface area contributed by atoms with Crippen LogP contribution in [0.5, 0.6) is 0 Å². The van der Waals surface area contributed by atoms with E-state index in [1.165, 1.54) is 0 Å². The van der Waals surface area contributed by atoms with Crippen LogP contribution in [0.15, 0.2) is 4.66 Å². The van der Waals surface area contributed by atoms with Gasteiger partial charge in [0.2, 0.25) is 6.08 Å². The second-order valence-electron chi connectivity index (χ2n) is 3.32. The van der Waals surface area contributed by atoms with Crippen molar-refractivity contribution < 1.29 is 4.79 Å². The van der Waals surface area contributed by atoms with Gasteiger partial charge in [0.05, 0.1) is 0 Å². The zero-order valence-electron chi connectivity index (χ0n) is 8.55. The van der Waals surface area contributed by atoms with Crippen molar-refractivity contribution in [2.24, 2.45) is 4.66 Å². The maximum Gasteiger partial charge on any atom is 0.224 e. The summed E-state index contributed by atoms with van der Waals surface area (Å²) in [7, 11) is -0.869. The number of isocyanates is 1. The molecular weight excluding hydrogens is 214 g/mol. The Labute approximate surface area is 83.4 Å². The monoisotopic (exact) mass is 233 g/mol. The van der Waals surface area contributed by atoms with Gasteiger partial charge < -0.3 is 0 Å². The lowest BCUT2D eigenvalue weighted by molar-refractivity contribution is 0.566. The summed E-state index contributed by atoms with van der Waals surface area (Å²) < 4.78 is 4.81. The average molecular weight is 234 g/mol. The Hall–Kier alpha value is 0.248. The van der Waals surface area contributed by atoms with E-state index in [2.05, 4.69) is 30.8 Å². The number of hydrogen-bond acceptors (Lipinski definition) is 2. The van der Waals surface area contributed by atoms with Gasteiger partial charge in [-0.25, -0.2) is 4.79 Å². The highest BCUT2D eigenvalue weighted by Crippen LogP contribution is 2.25. The molecule has 0 heterocycles. The molecule has 12 heavy (non-hydrogen) atoms.